The van der Waals surface area contributed by atoms with Crippen molar-refractivity contribution in [2.75, 3.05) is 44.7 Å². The van der Waals surface area contributed by atoms with E-state index in [2.05, 4.69) is 43.3 Å². The minimum Gasteiger partial charge on any atom is -0.495 e. The Bertz CT molecular complexity index is 959. The lowest BCUT2D eigenvalue weighted by atomic mass is 10.2. The number of nitrogens with zero attached hydrogens (tertiary/aromatic N) is 5. The van der Waals surface area contributed by atoms with Gasteiger partial charge in [0.05, 0.1) is 19.1 Å². The van der Waals surface area contributed by atoms with Crippen molar-refractivity contribution in [3.05, 3.63) is 48.5 Å². The van der Waals surface area contributed by atoms with Crippen molar-refractivity contribution in [1.82, 2.24) is 25.4 Å². The third-order valence-corrected chi connectivity index (χ3v) is 4.99. The van der Waals surface area contributed by atoms with Gasteiger partial charge in [0.15, 0.2) is 11.7 Å². The molecular weight excluding hydrogens is 382 g/mol. The molecule has 1 aromatic carbocycles. The van der Waals surface area contributed by atoms with Crippen LogP contribution in [0, 0.1) is 0 Å². The average Bonchev–Trinajstić information content (AvgIpc) is 3.49. The summed E-state index contributed by atoms with van der Waals surface area (Å²) < 4.78 is 10.9. The average molecular weight is 409 g/mol. The molecule has 0 radical (unpaired) electrons. The molecule has 3 heterocycles. The zero-order chi connectivity index (χ0) is 20.8. The lowest BCUT2D eigenvalue weighted by molar-refractivity contribution is 0.367. The number of hydrogen-bond donors (Lipinski definition) is 2. The largest absolute Gasteiger partial charge is 0.495 e. The van der Waals surface area contributed by atoms with Crippen LogP contribution >= 0.6 is 0 Å². The molecule has 0 aliphatic carbocycles. The van der Waals surface area contributed by atoms with Gasteiger partial charge in [0.2, 0.25) is 5.82 Å². The topological polar surface area (TPSA) is 94.8 Å². The van der Waals surface area contributed by atoms with Crippen molar-refractivity contribution in [2.45, 2.75) is 13.5 Å². The van der Waals surface area contributed by atoms with Crippen LogP contribution in [0.25, 0.3) is 11.6 Å². The number of guanidine groups is 1. The Hall–Kier alpha value is -3.49. The predicted octanol–water partition coefficient (Wildman–Crippen LogP) is 2.36. The second kappa shape index (κ2) is 9.34. The van der Waals surface area contributed by atoms with Gasteiger partial charge in [0.1, 0.15) is 18.1 Å². The highest BCUT2D eigenvalue weighted by Crippen LogP contribution is 2.28. The SMILES string of the molecule is CCNC(=NCc1nc(-c2ccco2)n[nH]1)N1CCN(c2ccccc2OC)CC1. The Morgan fingerprint density at radius 2 is 2.03 bits per heavy atom. The molecule has 2 N–H and O–H groups in total. The molecule has 0 amide bonds. The number of aliphatic imine (C=N–C) groups is 1. The van der Waals surface area contributed by atoms with Crippen LogP contribution in [0.15, 0.2) is 52.1 Å². The van der Waals surface area contributed by atoms with E-state index in [1.807, 2.05) is 30.3 Å². The lowest BCUT2D eigenvalue weighted by Gasteiger charge is -2.38. The number of piperazine rings is 1. The first-order valence-electron chi connectivity index (χ1n) is 10.1. The van der Waals surface area contributed by atoms with Crippen LogP contribution in [0.1, 0.15) is 12.7 Å². The monoisotopic (exact) mass is 409 g/mol. The number of hydrogen-bond acceptors (Lipinski definition) is 6. The number of furan rings is 1. The molecule has 2 aromatic heterocycles. The fourth-order valence-corrected chi connectivity index (χ4v) is 3.51. The zero-order valence-electron chi connectivity index (χ0n) is 17.3. The highest BCUT2D eigenvalue weighted by atomic mass is 16.5. The standard InChI is InChI=1S/C21H27N7O2/c1-3-22-21(23-15-19-24-20(26-25-19)18-9-6-14-30-18)28-12-10-27(11-13-28)16-7-4-5-8-17(16)29-2/h4-9,14H,3,10-13,15H2,1-2H3,(H,22,23)(H,24,25,26). The van der Waals surface area contributed by atoms with E-state index < -0.39 is 0 Å². The summed E-state index contributed by atoms with van der Waals surface area (Å²) in [4.78, 5) is 13.9. The second-order valence-corrected chi connectivity index (χ2v) is 6.90. The quantitative estimate of drug-likeness (QED) is 0.477. The van der Waals surface area contributed by atoms with E-state index in [4.69, 9.17) is 14.1 Å². The van der Waals surface area contributed by atoms with Gasteiger partial charge < -0.3 is 24.3 Å². The Morgan fingerprint density at radius 3 is 2.77 bits per heavy atom. The van der Waals surface area contributed by atoms with E-state index in [1.165, 1.54) is 0 Å². The first-order valence-corrected chi connectivity index (χ1v) is 10.1. The smallest absolute Gasteiger partial charge is 0.216 e. The van der Waals surface area contributed by atoms with Crippen LogP contribution < -0.4 is 15.0 Å². The number of rotatable bonds is 6. The van der Waals surface area contributed by atoms with E-state index in [9.17, 15) is 0 Å². The number of H-pyrrole nitrogens is 1. The molecule has 9 heteroatoms. The van der Waals surface area contributed by atoms with E-state index in [-0.39, 0.29) is 0 Å². The minimum atomic E-state index is 0.419. The first-order chi connectivity index (χ1) is 14.8. The van der Waals surface area contributed by atoms with Crippen molar-refractivity contribution in [1.29, 1.82) is 0 Å². The predicted molar refractivity (Wildman–Crippen MR) is 116 cm³/mol. The lowest BCUT2D eigenvalue weighted by Crippen LogP contribution is -2.52. The number of methoxy groups -OCH3 is 1. The minimum absolute atomic E-state index is 0.419. The summed E-state index contributed by atoms with van der Waals surface area (Å²) in [5.74, 6) is 3.67. The first kappa shape index (κ1) is 19.8. The number of ether oxygens (including phenoxy) is 1. The summed E-state index contributed by atoms with van der Waals surface area (Å²) in [7, 11) is 1.71. The molecule has 0 atom stereocenters. The molecule has 9 nitrogen and oxygen atoms in total. The van der Waals surface area contributed by atoms with Crippen molar-refractivity contribution >= 4 is 11.6 Å². The zero-order valence-corrected chi connectivity index (χ0v) is 17.3. The highest BCUT2D eigenvalue weighted by Gasteiger charge is 2.21. The summed E-state index contributed by atoms with van der Waals surface area (Å²) in [6.45, 7) is 6.84. The van der Waals surface area contributed by atoms with Gasteiger partial charge >= 0.3 is 0 Å². The maximum Gasteiger partial charge on any atom is 0.216 e. The molecule has 1 aliphatic heterocycles. The van der Waals surface area contributed by atoms with Crippen LogP contribution in [0.2, 0.25) is 0 Å². The number of para-hydroxylation sites is 2. The van der Waals surface area contributed by atoms with Gasteiger partial charge in [-0.3, -0.25) is 5.10 Å². The second-order valence-electron chi connectivity index (χ2n) is 6.90. The molecule has 0 unspecified atom stereocenters. The molecule has 4 rings (SSSR count). The summed E-state index contributed by atoms with van der Waals surface area (Å²) in [5.41, 5.74) is 1.13. The van der Waals surface area contributed by atoms with Crippen LogP contribution in [-0.2, 0) is 6.54 Å². The van der Waals surface area contributed by atoms with Gasteiger partial charge in [-0.05, 0) is 31.2 Å². The third-order valence-electron chi connectivity index (χ3n) is 4.99. The Morgan fingerprint density at radius 1 is 1.20 bits per heavy atom. The molecular formula is C21H27N7O2. The molecule has 1 saturated heterocycles. The van der Waals surface area contributed by atoms with Gasteiger partial charge in [-0.2, -0.15) is 0 Å². The maximum atomic E-state index is 5.51. The number of aromatic amines is 1. The number of anilines is 1. The number of benzene rings is 1. The summed E-state index contributed by atoms with van der Waals surface area (Å²) in [6, 6.07) is 11.8. The van der Waals surface area contributed by atoms with Crippen molar-refractivity contribution in [2.24, 2.45) is 4.99 Å². The Labute approximate surface area is 175 Å². The van der Waals surface area contributed by atoms with Gasteiger partial charge in [-0.15, -0.1) is 5.10 Å². The number of aromatic nitrogens is 3. The summed E-state index contributed by atoms with van der Waals surface area (Å²) in [5, 5.41) is 10.5. The molecule has 1 fully saturated rings. The van der Waals surface area contributed by atoms with Gasteiger partial charge in [0, 0.05) is 32.7 Å². The van der Waals surface area contributed by atoms with Crippen LogP contribution in [0.3, 0.4) is 0 Å². The summed E-state index contributed by atoms with van der Waals surface area (Å²) in [6.07, 6.45) is 1.61. The molecule has 3 aromatic rings. The molecule has 158 valence electrons. The van der Waals surface area contributed by atoms with Gasteiger partial charge in [-0.1, -0.05) is 12.1 Å². The van der Waals surface area contributed by atoms with Gasteiger partial charge in [-0.25, -0.2) is 9.98 Å². The van der Waals surface area contributed by atoms with E-state index >= 15 is 0 Å². The Balaban J connectivity index is 1.40. The molecule has 0 spiro atoms. The Kier molecular flexibility index (Phi) is 6.17. The van der Waals surface area contributed by atoms with E-state index in [0.29, 0.717) is 24.0 Å². The highest BCUT2D eigenvalue weighted by molar-refractivity contribution is 5.80. The molecule has 0 saturated carbocycles. The molecule has 1 aliphatic rings. The van der Waals surface area contributed by atoms with Crippen molar-refractivity contribution in [3.63, 3.8) is 0 Å². The fraction of sp³-hybridized carbons (Fsp3) is 0.381. The molecule has 0 bridgehead atoms. The van der Waals surface area contributed by atoms with Crippen molar-refractivity contribution in [3.8, 4) is 17.3 Å². The van der Waals surface area contributed by atoms with E-state index in [0.717, 1.165) is 50.1 Å². The maximum absolute atomic E-state index is 5.51. The van der Waals surface area contributed by atoms with Crippen LogP contribution in [-0.4, -0.2) is 65.9 Å². The molecule has 30 heavy (non-hydrogen) atoms. The fourth-order valence-electron chi connectivity index (χ4n) is 3.51. The summed E-state index contributed by atoms with van der Waals surface area (Å²) >= 11 is 0. The van der Waals surface area contributed by atoms with E-state index in [1.54, 1.807) is 13.4 Å². The van der Waals surface area contributed by atoms with Crippen LogP contribution in [0.5, 0.6) is 5.75 Å². The van der Waals surface area contributed by atoms with Crippen molar-refractivity contribution < 1.29 is 9.15 Å². The van der Waals surface area contributed by atoms with Crippen LogP contribution in [0.4, 0.5) is 5.69 Å². The normalized spacial score (nSPS) is 14.8. The van der Waals surface area contributed by atoms with Gasteiger partial charge in [0.25, 0.3) is 0 Å². The number of nitrogens with one attached hydrogen (secondary N) is 2. The third kappa shape index (κ3) is 4.40.